The highest BCUT2D eigenvalue weighted by Gasteiger charge is 2.71. The van der Waals surface area contributed by atoms with Crippen LogP contribution in [-0.2, 0) is 117 Å². The maximum atomic E-state index is 13.2. The Morgan fingerprint density at radius 2 is 0.699 bits per heavy atom. The van der Waals surface area contributed by atoms with Gasteiger partial charge in [0, 0.05) is 80.8 Å². The van der Waals surface area contributed by atoms with Crippen molar-refractivity contribution in [3.05, 3.63) is 269 Å². The Labute approximate surface area is 775 Å². The number of rotatable bonds is 20. The summed E-state index contributed by atoms with van der Waals surface area (Å²) in [4.78, 5) is 149. The molecule has 728 valence electrons. The fraction of sp³-hybridized carbons (Fsp3) is 0.341. The van der Waals surface area contributed by atoms with Crippen LogP contribution in [0.3, 0.4) is 0 Å². The van der Waals surface area contributed by atoms with Gasteiger partial charge in [0.1, 0.15) is 29.5 Å². The number of carbonyl (C=O) groups is 4. The predicted octanol–water partition coefficient (Wildman–Crippen LogP) is 16.6. The van der Waals surface area contributed by atoms with Crippen molar-refractivity contribution < 1.29 is 185 Å². The minimum atomic E-state index is -5.25. The van der Waals surface area contributed by atoms with E-state index in [1.807, 2.05) is 0 Å². The normalized spacial score (nSPS) is 30.5. The maximum absolute atomic E-state index is 13.2. The Morgan fingerprint density at radius 1 is 0.360 bits per heavy atom. The second-order valence-electron chi connectivity index (χ2n) is 32.3. The molecule has 51 heteroatoms. The zero-order chi connectivity index (χ0) is 98.4. The van der Waals surface area contributed by atoms with Gasteiger partial charge in [-0.1, -0.05) is 115 Å². The van der Waals surface area contributed by atoms with Crippen molar-refractivity contribution >= 4 is 107 Å². The Morgan fingerprint density at radius 3 is 1.10 bits per heavy atom. The first-order valence-electron chi connectivity index (χ1n) is 41.6. The van der Waals surface area contributed by atoms with Crippen LogP contribution in [0, 0.1) is 6.92 Å². The molecule has 4 aliphatic heterocycles. The molecule has 12 N–H and O–H groups in total. The van der Waals surface area contributed by atoms with Crippen molar-refractivity contribution in [3.8, 4) is 17.2 Å². The van der Waals surface area contributed by atoms with E-state index in [1.54, 1.807) is 95.3 Å². The summed E-state index contributed by atoms with van der Waals surface area (Å²) in [5, 5.41) is 32.8. The Kier molecular flexibility index (Phi) is 32.2. The number of benzene rings is 6. The van der Waals surface area contributed by atoms with Crippen molar-refractivity contribution in [1.29, 1.82) is 0 Å². The van der Waals surface area contributed by atoms with Gasteiger partial charge in [0.05, 0.1) is 34.5 Å². The molecule has 0 bridgehead atoms. The number of hydrogen-bond acceptors (Lipinski definition) is 35. The average molecular weight is 2040 g/mol. The third kappa shape index (κ3) is 22.9. The number of aryl methyl sites for hydroxylation is 1. The fourth-order valence-corrected chi connectivity index (χ4v) is 29.1. The molecule has 8 heterocycles. The molecule has 0 radical (unpaired) electrons. The monoisotopic (exact) mass is 2040 g/mol. The van der Waals surface area contributed by atoms with Gasteiger partial charge in [-0.2, -0.15) is 0 Å². The number of nitrogens with zero attached hydrogens (tertiary/aromatic N) is 4. The molecule has 4 saturated heterocycles. The van der Waals surface area contributed by atoms with Crippen molar-refractivity contribution in [1.82, 2.24) is 19.9 Å². The van der Waals surface area contributed by atoms with Crippen LogP contribution in [0.25, 0.3) is 21.5 Å². The summed E-state index contributed by atoms with van der Waals surface area (Å²) in [7, 11) is -41.5. The van der Waals surface area contributed by atoms with Crippen molar-refractivity contribution in [2.24, 2.45) is 0 Å². The molecule has 43 nitrogen and oxygen atoms in total. The number of aliphatic hydroxyl groups is 4. The molecule has 0 spiro atoms. The molecular formula is C85H94N4O39P8. The first-order chi connectivity index (χ1) is 64.0. The largest absolute Gasteiger partial charge is 0.514 e. The van der Waals surface area contributed by atoms with E-state index in [4.69, 9.17) is 69.3 Å². The smallest absolute Gasteiger partial charge is 0.459 e. The average Bonchev–Trinajstić information content (AvgIpc) is 0.992. The molecule has 6 fully saturated rings. The quantitative estimate of drug-likeness (QED) is 0.0146. The van der Waals surface area contributed by atoms with Crippen LogP contribution in [0.15, 0.2) is 213 Å². The second-order valence-corrected chi connectivity index (χ2v) is 49.7. The number of esters is 1. The Balaban J connectivity index is 0.000000153. The molecule has 2 saturated carbocycles. The summed E-state index contributed by atoms with van der Waals surface area (Å²) >= 11 is 0. The minimum absolute atomic E-state index is 0.0876. The molecule has 8 atom stereocenters. The number of ether oxygens (including phenoxy) is 7. The molecule has 4 aromatic heterocycles. The van der Waals surface area contributed by atoms with Crippen LogP contribution in [0.1, 0.15) is 165 Å². The van der Waals surface area contributed by atoms with E-state index < -0.39 is 162 Å². The summed E-state index contributed by atoms with van der Waals surface area (Å²) in [6.45, 7) is 8.33. The third-order valence-corrected chi connectivity index (χ3v) is 40.2. The standard InChI is InChI=1S/C22H23NO10P2.C22H23NO9P2.C21H25NO10P2.C20H23NO10P2/c1-14(2)30-21(24)31-18-10-9-16-7-3-4-8-17(16)19(18)20-32-34(26,27)22(25,35(28,29)33-20)12-15-6-5-11-23-13-15;1-14(2)30-20(24)18-9-10-19(17-8-4-3-7-16(17)18)21-31-33(26,27)22(25,34(28,29)32-21)12-15-6-5-11-23-13-15;1-14-8-9-18(30-20(23)29-16-6-2-3-7-16)17(11-14)19-31-33(25,26)21(24,34(27,28)32-19)12-15-5-4-10-22-13-15;22-19(28-15-7-1-2-8-15)29-17-10-4-3-9-16(17)18-30-32(24,25)20(23,33(26,27)31-18)12-14-6-5-11-21-13-14/h3-11,13-14,20,25H,12H2,1-2H3,(H,26,27)(H,28,29);3-11,13-14,21,25H,12H2,1-2H3,(H,26,27)(H,28,29);4-5,8-11,13,16,19,24H,2-3,6-7,12H2,1H3,(H,25,26)(H,27,28);3-6,9-11,13,15,18,23H,1-2,7-8,12H2,(H,24,25)(H,26,27). The highest BCUT2D eigenvalue weighted by molar-refractivity contribution is 7.75. The summed E-state index contributed by atoms with van der Waals surface area (Å²) in [6, 6.07) is 40.9. The number of hydrogen-bond donors (Lipinski definition) is 12. The van der Waals surface area contributed by atoms with Crippen LogP contribution in [-0.4, -0.2) is 149 Å². The van der Waals surface area contributed by atoms with E-state index in [2.05, 4.69) is 19.9 Å². The fourth-order valence-electron chi connectivity index (χ4n) is 14.9. The molecule has 16 rings (SSSR count). The molecule has 10 aromatic rings. The molecule has 136 heavy (non-hydrogen) atoms. The van der Waals surface area contributed by atoms with Crippen LogP contribution >= 0.6 is 60.8 Å². The molecule has 2 aliphatic carbocycles. The second kappa shape index (κ2) is 42.0. The van der Waals surface area contributed by atoms with Gasteiger partial charge in [-0.15, -0.1) is 0 Å². The van der Waals surface area contributed by atoms with Crippen molar-refractivity contribution in [2.75, 3.05) is 0 Å². The minimum Gasteiger partial charge on any atom is -0.459 e. The Bertz CT molecular complexity index is 6360. The highest BCUT2D eigenvalue weighted by atomic mass is 31.3. The predicted molar refractivity (Wildman–Crippen MR) is 477 cm³/mol. The van der Waals surface area contributed by atoms with E-state index in [0.29, 0.717) is 27.1 Å². The van der Waals surface area contributed by atoms with Gasteiger partial charge in [-0.3, -0.25) is 92.6 Å². The molecular weight excluding hydrogens is 1950 g/mol. The third-order valence-electron chi connectivity index (χ3n) is 21.8. The first kappa shape index (κ1) is 104. The summed E-state index contributed by atoms with van der Waals surface area (Å²) in [5.41, 5.74) is 1.56. The van der Waals surface area contributed by atoms with Gasteiger partial charge in [0.2, 0.25) is 25.2 Å². The van der Waals surface area contributed by atoms with E-state index in [-0.39, 0.29) is 85.6 Å². The SMILES string of the molecule is CC(C)OC(=O)Oc1ccc2ccccc2c1C1OP(=O)(O)C(O)(Cc2cccnc2)P(=O)(O)O1.CC(C)OC(=O)c1ccc(C2OP(=O)(O)C(O)(Cc3cccnc3)P(=O)(O)O2)c2ccccc12.Cc1ccc(OC(=O)OC2CCCC2)c(C2OP(=O)(O)C(O)(Cc3cccnc3)P(=O)(O)O2)c1.O=C(Oc1ccccc1C1OP(=O)(O)C(O)(Cc2cccnc2)P(=O)(O)O1)OC1CCCC1. The number of fused-ring (bicyclic) bond motifs is 2. The topological polar surface area (TPSA) is 638 Å². The summed E-state index contributed by atoms with van der Waals surface area (Å²) < 4.78 is 183. The number of para-hydroxylation sites is 1. The van der Waals surface area contributed by atoms with Crippen LogP contribution in [0.4, 0.5) is 14.4 Å². The number of pyridine rings is 4. The van der Waals surface area contributed by atoms with Crippen LogP contribution < -0.4 is 14.2 Å². The summed E-state index contributed by atoms with van der Waals surface area (Å²) in [5.74, 6) is -1.05. The van der Waals surface area contributed by atoms with Crippen molar-refractivity contribution in [2.45, 2.75) is 182 Å². The molecule has 6 aliphatic rings. The van der Waals surface area contributed by atoms with Gasteiger partial charge >= 0.3 is 85.2 Å². The van der Waals surface area contributed by atoms with E-state index in [1.165, 1.54) is 153 Å². The lowest BCUT2D eigenvalue weighted by Gasteiger charge is -2.41. The lowest BCUT2D eigenvalue weighted by atomic mass is 9.99. The lowest BCUT2D eigenvalue weighted by Crippen LogP contribution is -2.38. The van der Waals surface area contributed by atoms with Crippen LogP contribution in [0.5, 0.6) is 17.2 Å². The highest BCUT2D eigenvalue weighted by Crippen LogP contribution is 2.83. The zero-order valence-electron chi connectivity index (χ0n) is 72.6. The van der Waals surface area contributed by atoms with Gasteiger partial charge in [-0.05, 0) is 184 Å². The Hall–Kier alpha value is -9.24. The van der Waals surface area contributed by atoms with Gasteiger partial charge in [-0.25, -0.2) is 19.2 Å². The number of carbonyl (C=O) groups excluding carboxylic acids is 4. The molecule has 8 unspecified atom stereocenters. The molecule has 0 amide bonds. The number of aromatic nitrogens is 4. The summed E-state index contributed by atoms with van der Waals surface area (Å²) in [6.07, 6.45) is 2.74. The van der Waals surface area contributed by atoms with E-state index in [0.717, 1.165) is 51.4 Å². The lowest BCUT2D eigenvalue weighted by molar-refractivity contribution is -0.0598. The molecule has 6 aromatic carbocycles. The van der Waals surface area contributed by atoms with Gasteiger partial charge in [0.15, 0.2) is 0 Å². The van der Waals surface area contributed by atoms with E-state index >= 15 is 0 Å². The van der Waals surface area contributed by atoms with Crippen LogP contribution in [0.2, 0.25) is 0 Å². The van der Waals surface area contributed by atoms with E-state index in [9.17, 15) is 115 Å². The van der Waals surface area contributed by atoms with Gasteiger partial charge in [0.25, 0.3) is 20.3 Å². The maximum Gasteiger partial charge on any atom is 0.514 e. The zero-order valence-corrected chi connectivity index (χ0v) is 79.7. The van der Waals surface area contributed by atoms with Crippen molar-refractivity contribution in [3.63, 3.8) is 0 Å². The van der Waals surface area contributed by atoms with Gasteiger partial charge < -0.3 is 92.7 Å². The first-order valence-corrected chi connectivity index (χ1v) is 54.3.